The predicted octanol–water partition coefficient (Wildman–Crippen LogP) is 5.92. The average Bonchev–Trinajstić information content (AvgIpc) is 2.90. The van der Waals surface area contributed by atoms with Gasteiger partial charge in [0.25, 0.3) is 0 Å². The summed E-state index contributed by atoms with van der Waals surface area (Å²) in [6, 6.07) is 4.19. The third-order valence-corrected chi connectivity index (χ3v) is 6.87. The Morgan fingerprint density at radius 3 is 2.43 bits per heavy atom. The van der Waals surface area contributed by atoms with E-state index >= 15 is 0 Å². The lowest BCUT2D eigenvalue weighted by Crippen LogP contribution is -2.16. The summed E-state index contributed by atoms with van der Waals surface area (Å²) in [7, 11) is 0. The second-order valence-corrected chi connectivity index (χ2v) is 9.44. The summed E-state index contributed by atoms with van der Waals surface area (Å²) in [5.41, 5.74) is 5.52. The molecule has 0 aliphatic heterocycles. The van der Waals surface area contributed by atoms with E-state index in [-0.39, 0.29) is 5.91 Å². The van der Waals surface area contributed by atoms with Crippen molar-refractivity contribution in [1.82, 2.24) is 9.97 Å². The minimum atomic E-state index is -0.00605. The summed E-state index contributed by atoms with van der Waals surface area (Å²) in [4.78, 5) is 24.4. The normalized spacial score (nSPS) is 11.2. The lowest BCUT2D eigenvalue weighted by molar-refractivity contribution is -0.113. The molecule has 0 aliphatic rings. The lowest BCUT2D eigenvalue weighted by Gasteiger charge is -2.13. The molecule has 3 aromatic rings. The molecule has 6 heteroatoms. The van der Waals surface area contributed by atoms with Gasteiger partial charge in [0.15, 0.2) is 0 Å². The summed E-state index contributed by atoms with van der Waals surface area (Å²) < 4.78 is 0. The van der Waals surface area contributed by atoms with E-state index in [0.717, 1.165) is 50.7 Å². The van der Waals surface area contributed by atoms with Gasteiger partial charge in [-0.2, -0.15) is 0 Å². The predicted molar refractivity (Wildman–Crippen MR) is 121 cm³/mol. The van der Waals surface area contributed by atoms with E-state index in [1.54, 1.807) is 11.3 Å². The summed E-state index contributed by atoms with van der Waals surface area (Å²) in [5.74, 6) is 1.19. The molecule has 28 heavy (non-hydrogen) atoms. The Kier molecular flexibility index (Phi) is 6.40. The maximum Gasteiger partial charge on any atom is 0.234 e. The van der Waals surface area contributed by atoms with Crippen molar-refractivity contribution in [3.63, 3.8) is 0 Å². The number of amides is 1. The van der Waals surface area contributed by atoms with Crippen molar-refractivity contribution in [3.8, 4) is 0 Å². The van der Waals surface area contributed by atoms with E-state index in [1.165, 1.54) is 27.8 Å². The van der Waals surface area contributed by atoms with Crippen LogP contribution in [0.25, 0.3) is 10.2 Å². The SMILES string of the molecule is CCCc1nc(SCC(=O)Nc2c(C)cc(C)cc2C)c2c(C)c(C)sc2n1. The van der Waals surface area contributed by atoms with Crippen LogP contribution < -0.4 is 5.32 Å². The quantitative estimate of drug-likeness (QED) is 0.403. The number of nitrogens with one attached hydrogen (secondary N) is 1. The van der Waals surface area contributed by atoms with Crippen molar-refractivity contribution in [1.29, 1.82) is 0 Å². The van der Waals surface area contributed by atoms with Crippen LogP contribution in [-0.2, 0) is 11.2 Å². The summed E-state index contributed by atoms with van der Waals surface area (Å²) in [5, 5.41) is 5.10. The highest BCUT2D eigenvalue weighted by molar-refractivity contribution is 8.00. The first kappa shape index (κ1) is 20.8. The first-order valence-corrected chi connectivity index (χ1v) is 11.4. The summed E-state index contributed by atoms with van der Waals surface area (Å²) >= 11 is 3.21. The molecular formula is C22H27N3OS2. The van der Waals surface area contributed by atoms with Crippen molar-refractivity contribution < 1.29 is 4.79 Å². The number of anilines is 1. The third kappa shape index (κ3) is 4.39. The molecular weight excluding hydrogens is 386 g/mol. The molecule has 0 saturated carbocycles. The minimum absolute atomic E-state index is 0.00605. The van der Waals surface area contributed by atoms with Crippen LogP contribution >= 0.6 is 23.1 Å². The number of rotatable bonds is 6. The molecule has 0 atom stereocenters. The molecule has 0 fully saturated rings. The highest BCUT2D eigenvalue weighted by atomic mass is 32.2. The molecule has 0 bridgehead atoms. The second-order valence-electron chi connectivity index (χ2n) is 7.27. The molecule has 0 saturated heterocycles. The summed E-state index contributed by atoms with van der Waals surface area (Å²) in [6.45, 7) is 12.5. The van der Waals surface area contributed by atoms with Gasteiger partial charge in [-0.1, -0.05) is 36.4 Å². The Hall–Kier alpha value is -1.92. The molecule has 4 nitrogen and oxygen atoms in total. The maximum atomic E-state index is 12.6. The number of nitrogens with zero attached hydrogens (tertiary/aromatic N) is 2. The van der Waals surface area contributed by atoms with E-state index in [0.29, 0.717) is 5.75 Å². The number of fused-ring (bicyclic) bond motifs is 1. The van der Waals surface area contributed by atoms with Crippen molar-refractivity contribution in [3.05, 3.63) is 45.1 Å². The van der Waals surface area contributed by atoms with Gasteiger partial charge in [-0.3, -0.25) is 4.79 Å². The maximum absolute atomic E-state index is 12.6. The van der Waals surface area contributed by atoms with Gasteiger partial charge in [0.05, 0.1) is 5.75 Å². The van der Waals surface area contributed by atoms with E-state index in [2.05, 4.69) is 45.1 Å². The molecule has 0 aliphatic carbocycles. The van der Waals surface area contributed by atoms with Gasteiger partial charge in [0, 0.05) is 22.4 Å². The number of thioether (sulfide) groups is 1. The monoisotopic (exact) mass is 413 g/mol. The molecule has 3 rings (SSSR count). The number of aromatic nitrogens is 2. The molecule has 2 heterocycles. The van der Waals surface area contributed by atoms with E-state index < -0.39 is 0 Å². The Labute approximate surface area is 175 Å². The van der Waals surface area contributed by atoms with E-state index in [4.69, 9.17) is 9.97 Å². The van der Waals surface area contributed by atoms with Gasteiger partial charge in [0.2, 0.25) is 5.91 Å². The number of benzene rings is 1. The van der Waals surface area contributed by atoms with Crippen LogP contribution in [0, 0.1) is 34.6 Å². The molecule has 148 valence electrons. The van der Waals surface area contributed by atoms with Crippen LogP contribution in [0.1, 0.15) is 46.3 Å². The molecule has 1 aromatic carbocycles. The second kappa shape index (κ2) is 8.62. The third-order valence-electron chi connectivity index (χ3n) is 4.80. The Balaban J connectivity index is 1.82. The zero-order valence-electron chi connectivity index (χ0n) is 17.4. The van der Waals surface area contributed by atoms with Crippen molar-refractivity contribution in [2.75, 3.05) is 11.1 Å². The van der Waals surface area contributed by atoms with Crippen molar-refractivity contribution in [2.45, 2.75) is 59.4 Å². The van der Waals surface area contributed by atoms with Crippen LogP contribution in [-0.4, -0.2) is 21.6 Å². The number of carbonyl (C=O) groups is 1. The standard InChI is InChI=1S/C22H27N3OS2/c1-7-8-17-23-21(19-15(5)16(6)28-22(19)24-17)27-11-18(26)25-20-13(3)9-12(2)10-14(20)4/h9-10H,7-8,11H2,1-6H3,(H,25,26). The highest BCUT2D eigenvalue weighted by Crippen LogP contribution is 2.35. The van der Waals surface area contributed by atoms with Crippen LogP contribution in [0.4, 0.5) is 5.69 Å². The van der Waals surface area contributed by atoms with Gasteiger partial charge in [0.1, 0.15) is 15.7 Å². The number of hydrogen-bond donors (Lipinski definition) is 1. The van der Waals surface area contributed by atoms with Crippen molar-refractivity contribution >= 4 is 44.9 Å². The molecule has 1 N–H and O–H groups in total. The smallest absolute Gasteiger partial charge is 0.234 e. The number of aryl methyl sites for hydroxylation is 6. The minimum Gasteiger partial charge on any atom is -0.325 e. The molecule has 2 aromatic heterocycles. The first-order valence-electron chi connectivity index (χ1n) is 9.57. The highest BCUT2D eigenvalue weighted by Gasteiger charge is 2.16. The summed E-state index contributed by atoms with van der Waals surface area (Å²) in [6.07, 6.45) is 1.86. The Bertz CT molecular complexity index is 1020. The largest absolute Gasteiger partial charge is 0.325 e. The molecule has 1 amide bonds. The Morgan fingerprint density at radius 2 is 1.79 bits per heavy atom. The zero-order chi connectivity index (χ0) is 20.4. The van der Waals surface area contributed by atoms with Crippen LogP contribution in [0.15, 0.2) is 17.2 Å². The molecule has 0 spiro atoms. The first-order chi connectivity index (χ1) is 13.3. The number of hydrogen-bond acceptors (Lipinski definition) is 5. The fraction of sp³-hybridized carbons (Fsp3) is 0.409. The van der Waals surface area contributed by atoms with Crippen molar-refractivity contribution in [2.24, 2.45) is 0 Å². The van der Waals surface area contributed by atoms with E-state index in [9.17, 15) is 4.79 Å². The topological polar surface area (TPSA) is 54.9 Å². The van der Waals surface area contributed by atoms with Crippen LogP contribution in [0.3, 0.4) is 0 Å². The van der Waals surface area contributed by atoms with Gasteiger partial charge in [-0.15, -0.1) is 11.3 Å². The average molecular weight is 414 g/mol. The van der Waals surface area contributed by atoms with Gasteiger partial charge >= 0.3 is 0 Å². The number of carbonyl (C=O) groups excluding carboxylic acids is 1. The molecule has 0 radical (unpaired) electrons. The fourth-order valence-corrected chi connectivity index (χ4v) is 5.40. The van der Waals surface area contributed by atoms with Gasteiger partial charge < -0.3 is 5.32 Å². The number of thiophene rings is 1. The zero-order valence-corrected chi connectivity index (χ0v) is 19.0. The lowest BCUT2D eigenvalue weighted by atomic mass is 10.1. The fourth-order valence-electron chi connectivity index (χ4n) is 3.38. The van der Waals surface area contributed by atoms with Gasteiger partial charge in [-0.05, 0) is 57.7 Å². The van der Waals surface area contributed by atoms with Crippen LogP contribution in [0.2, 0.25) is 0 Å². The molecule has 0 unspecified atom stereocenters. The van der Waals surface area contributed by atoms with Gasteiger partial charge in [-0.25, -0.2) is 9.97 Å². The Morgan fingerprint density at radius 1 is 1.11 bits per heavy atom. The van der Waals surface area contributed by atoms with Crippen LogP contribution in [0.5, 0.6) is 0 Å². The van der Waals surface area contributed by atoms with E-state index in [1.807, 2.05) is 13.8 Å².